The van der Waals surface area contributed by atoms with Crippen molar-refractivity contribution >= 4 is 11.7 Å². The van der Waals surface area contributed by atoms with Crippen LogP contribution in [0.4, 0.5) is 14.5 Å². The van der Waals surface area contributed by atoms with Crippen molar-refractivity contribution in [2.45, 2.75) is 0 Å². The number of nitrogens with two attached hydrogens (primary N) is 1. The highest BCUT2D eigenvalue weighted by atomic mass is 19.2. The summed E-state index contributed by atoms with van der Waals surface area (Å²) in [7, 11) is 0. The fraction of sp³-hybridized carbons (Fsp3) is 0. The summed E-state index contributed by atoms with van der Waals surface area (Å²) in [6, 6.07) is 7.59. The molecule has 0 atom stereocenters. The van der Waals surface area contributed by atoms with Crippen LogP contribution in [0, 0.1) is 11.6 Å². The van der Waals surface area contributed by atoms with Gasteiger partial charge in [0.1, 0.15) is 0 Å². The molecule has 3 N–H and O–H groups in total. The van der Waals surface area contributed by atoms with Crippen LogP contribution in [0.1, 0.15) is 10.4 Å². The lowest BCUT2D eigenvalue weighted by Crippen LogP contribution is -1.99. The van der Waals surface area contributed by atoms with Gasteiger partial charge in [-0.1, -0.05) is 12.1 Å². The van der Waals surface area contributed by atoms with Gasteiger partial charge in [0.25, 0.3) is 0 Å². The van der Waals surface area contributed by atoms with Crippen molar-refractivity contribution in [1.82, 2.24) is 0 Å². The number of aromatic carboxylic acids is 1. The molecule has 2 aromatic carbocycles. The summed E-state index contributed by atoms with van der Waals surface area (Å²) in [6.07, 6.45) is 0. The zero-order valence-corrected chi connectivity index (χ0v) is 9.15. The smallest absolute Gasteiger partial charge is 0.335 e. The third-order valence-electron chi connectivity index (χ3n) is 2.46. The van der Waals surface area contributed by atoms with E-state index in [0.29, 0.717) is 0 Å². The third kappa shape index (κ3) is 2.15. The molecule has 3 nitrogen and oxygen atoms in total. The van der Waals surface area contributed by atoms with E-state index in [4.69, 9.17) is 10.8 Å². The van der Waals surface area contributed by atoms with Gasteiger partial charge in [0.05, 0.1) is 5.56 Å². The molecule has 0 radical (unpaired) electrons. The zero-order valence-electron chi connectivity index (χ0n) is 9.15. The SMILES string of the molecule is Nc1cc(C(=O)O)cc(-c2cccc(F)c2F)c1. The number of nitrogen functional groups attached to an aromatic ring is 1. The number of benzene rings is 2. The fourth-order valence-electron chi connectivity index (χ4n) is 1.66. The number of carboxylic acids is 1. The molecule has 5 heteroatoms. The van der Waals surface area contributed by atoms with E-state index in [9.17, 15) is 13.6 Å². The van der Waals surface area contributed by atoms with Crippen molar-refractivity contribution < 1.29 is 18.7 Å². The van der Waals surface area contributed by atoms with E-state index in [-0.39, 0.29) is 22.4 Å². The highest BCUT2D eigenvalue weighted by Crippen LogP contribution is 2.27. The average molecular weight is 249 g/mol. The monoisotopic (exact) mass is 249 g/mol. The summed E-state index contributed by atoms with van der Waals surface area (Å²) in [5, 5.41) is 8.88. The maximum Gasteiger partial charge on any atom is 0.335 e. The highest BCUT2D eigenvalue weighted by Gasteiger charge is 2.12. The molecule has 2 aromatic rings. The summed E-state index contributed by atoms with van der Waals surface area (Å²) in [6.45, 7) is 0. The fourth-order valence-corrected chi connectivity index (χ4v) is 1.66. The standard InChI is InChI=1S/C13H9F2NO2/c14-11-3-1-2-10(12(11)15)7-4-8(13(17)18)6-9(16)5-7/h1-6H,16H2,(H,17,18). The molecule has 0 saturated heterocycles. The van der Waals surface area contributed by atoms with Crippen molar-refractivity contribution in [1.29, 1.82) is 0 Å². The largest absolute Gasteiger partial charge is 0.478 e. The van der Waals surface area contributed by atoms with Crippen molar-refractivity contribution in [2.24, 2.45) is 0 Å². The van der Waals surface area contributed by atoms with Gasteiger partial charge in [0.2, 0.25) is 0 Å². The molecule has 0 aromatic heterocycles. The van der Waals surface area contributed by atoms with Crippen LogP contribution in [-0.4, -0.2) is 11.1 Å². The molecule has 0 unspecified atom stereocenters. The van der Waals surface area contributed by atoms with Crippen LogP contribution >= 0.6 is 0 Å². The summed E-state index contributed by atoms with van der Waals surface area (Å²) < 4.78 is 26.7. The Kier molecular flexibility index (Phi) is 2.97. The van der Waals surface area contributed by atoms with Crippen molar-refractivity contribution in [3.8, 4) is 11.1 Å². The van der Waals surface area contributed by atoms with Crippen LogP contribution in [0.15, 0.2) is 36.4 Å². The first-order chi connectivity index (χ1) is 8.49. The predicted octanol–water partition coefficient (Wildman–Crippen LogP) is 2.91. The highest BCUT2D eigenvalue weighted by molar-refractivity contribution is 5.91. The zero-order chi connectivity index (χ0) is 13.3. The maximum atomic E-state index is 13.6. The first-order valence-corrected chi connectivity index (χ1v) is 5.07. The molecule has 0 bridgehead atoms. The molecule has 92 valence electrons. The normalized spacial score (nSPS) is 10.3. The molecular weight excluding hydrogens is 240 g/mol. The summed E-state index contributed by atoms with van der Waals surface area (Å²) >= 11 is 0. The topological polar surface area (TPSA) is 63.3 Å². The van der Waals surface area contributed by atoms with Crippen LogP contribution < -0.4 is 5.73 Å². The molecule has 0 amide bonds. The Morgan fingerprint density at radius 1 is 1.17 bits per heavy atom. The van der Waals surface area contributed by atoms with Crippen molar-refractivity contribution in [3.05, 3.63) is 53.6 Å². The van der Waals surface area contributed by atoms with Crippen LogP contribution in [0.3, 0.4) is 0 Å². The van der Waals surface area contributed by atoms with Gasteiger partial charge in [-0.25, -0.2) is 13.6 Å². The number of hydrogen-bond acceptors (Lipinski definition) is 2. The second kappa shape index (κ2) is 4.44. The van der Waals surface area contributed by atoms with Gasteiger partial charge in [-0.15, -0.1) is 0 Å². The molecule has 0 spiro atoms. The minimum atomic E-state index is -1.18. The lowest BCUT2D eigenvalue weighted by Gasteiger charge is -2.07. The van der Waals surface area contributed by atoms with Crippen molar-refractivity contribution in [3.63, 3.8) is 0 Å². The Labute approximate surface area is 101 Å². The Balaban J connectivity index is 2.64. The average Bonchev–Trinajstić information content (AvgIpc) is 2.31. The summed E-state index contributed by atoms with van der Waals surface area (Å²) in [5.74, 6) is -3.20. The Hall–Kier alpha value is -2.43. The molecular formula is C13H9F2NO2. The van der Waals surface area contributed by atoms with Crippen LogP contribution in [0.25, 0.3) is 11.1 Å². The Morgan fingerprint density at radius 3 is 2.56 bits per heavy atom. The maximum absolute atomic E-state index is 13.6. The second-order valence-electron chi connectivity index (χ2n) is 3.75. The Bertz CT molecular complexity index is 626. The van der Waals surface area contributed by atoms with Crippen LogP contribution in [0.2, 0.25) is 0 Å². The van der Waals surface area contributed by atoms with E-state index in [2.05, 4.69) is 0 Å². The number of halogens is 2. The van der Waals surface area contributed by atoms with Gasteiger partial charge in [0.15, 0.2) is 11.6 Å². The number of anilines is 1. The minimum Gasteiger partial charge on any atom is -0.478 e. The molecule has 0 fully saturated rings. The lowest BCUT2D eigenvalue weighted by molar-refractivity contribution is 0.0697. The van der Waals surface area contributed by atoms with Crippen LogP contribution in [0.5, 0.6) is 0 Å². The predicted molar refractivity (Wildman–Crippen MR) is 63.2 cm³/mol. The van der Waals surface area contributed by atoms with Gasteiger partial charge in [-0.2, -0.15) is 0 Å². The number of hydrogen-bond donors (Lipinski definition) is 2. The van der Waals surface area contributed by atoms with E-state index < -0.39 is 17.6 Å². The summed E-state index contributed by atoms with van der Waals surface area (Å²) in [5.41, 5.74) is 5.85. The summed E-state index contributed by atoms with van der Waals surface area (Å²) in [4.78, 5) is 10.9. The number of carboxylic acid groups (broad SMARTS) is 1. The van der Waals surface area contributed by atoms with E-state index in [1.54, 1.807) is 0 Å². The van der Waals surface area contributed by atoms with Gasteiger partial charge in [-0.3, -0.25) is 0 Å². The third-order valence-corrected chi connectivity index (χ3v) is 2.46. The van der Waals surface area contributed by atoms with E-state index in [0.717, 1.165) is 6.07 Å². The van der Waals surface area contributed by atoms with E-state index >= 15 is 0 Å². The Morgan fingerprint density at radius 2 is 1.89 bits per heavy atom. The van der Waals surface area contributed by atoms with Crippen LogP contribution in [-0.2, 0) is 0 Å². The van der Waals surface area contributed by atoms with E-state index in [1.807, 2.05) is 0 Å². The molecule has 0 heterocycles. The van der Waals surface area contributed by atoms with E-state index in [1.165, 1.54) is 30.3 Å². The second-order valence-corrected chi connectivity index (χ2v) is 3.75. The van der Waals surface area contributed by atoms with Gasteiger partial charge in [0, 0.05) is 11.3 Å². The molecule has 0 aliphatic rings. The molecule has 0 saturated carbocycles. The first kappa shape index (κ1) is 12.0. The van der Waals surface area contributed by atoms with Crippen molar-refractivity contribution in [2.75, 3.05) is 5.73 Å². The number of carbonyl (C=O) groups is 1. The minimum absolute atomic E-state index is 0.0233. The van der Waals surface area contributed by atoms with Gasteiger partial charge < -0.3 is 10.8 Å². The molecule has 0 aliphatic heterocycles. The number of rotatable bonds is 2. The quantitative estimate of drug-likeness (QED) is 0.804. The van der Waals surface area contributed by atoms with Gasteiger partial charge >= 0.3 is 5.97 Å². The molecule has 2 rings (SSSR count). The van der Waals surface area contributed by atoms with Gasteiger partial charge in [-0.05, 0) is 29.8 Å². The molecule has 18 heavy (non-hydrogen) atoms. The first-order valence-electron chi connectivity index (χ1n) is 5.07. The molecule has 0 aliphatic carbocycles. The lowest BCUT2D eigenvalue weighted by atomic mass is 10.0.